The van der Waals surface area contributed by atoms with Crippen LogP contribution in [0.25, 0.3) is 33.7 Å². The van der Waals surface area contributed by atoms with E-state index in [1.807, 2.05) is 37.3 Å². The Balaban J connectivity index is 1.48. The highest BCUT2D eigenvalue weighted by molar-refractivity contribution is 5.81. The number of hydrogen-bond donors (Lipinski definition) is 1. The van der Waals surface area contributed by atoms with E-state index in [2.05, 4.69) is 15.0 Å². The van der Waals surface area contributed by atoms with Gasteiger partial charge in [-0.2, -0.15) is 0 Å². The summed E-state index contributed by atoms with van der Waals surface area (Å²) in [5, 5.41) is 0. The first-order valence-electron chi connectivity index (χ1n) is 11.5. The molecule has 2 aromatic carbocycles. The largest absolute Gasteiger partial charge is 0.489 e. The van der Waals surface area contributed by atoms with Crippen molar-refractivity contribution in [2.45, 2.75) is 19.6 Å². The molecular weight excluding hydrogens is 459 g/mol. The minimum absolute atomic E-state index is 0.0827. The molecule has 1 atom stereocenters. The Morgan fingerprint density at radius 3 is 2.61 bits per heavy atom. The van der Waals surface area contributed by atoms with Gasteiger partial charge < -0.3 is 19.2 Å². The minimum Gasteiger partial charge on any atom is -0.489 e. The van der Waals surface area contributed by atoms with E-state index >= 15 is 0 Å². The third-order valence-electron chi connectivity index (χ3n) is 5.58. The summed E-state index contributed by atoms with van der Waals surface area (Å²) in [5.74, 6) is 1.41. The molecular formula is C28H25FN4O3. The van der Waals surface area contributed by atoms with Crippen molar-refractivity contribution in [3.63, 3.8) is 0 Å². The van der Waals surface area contributed by atoms with E-state index in [-0.39, 0.29) is 18.5 Å². The van der Waals surface area contributed by atoms with Gasteiger partial charge in [0.2, 0.25) is 0 Å². The monoisotopic (exact) mass is 484 g/mol. The summed E-state index contributed by atoms with van der Waals surface area (Å²) in [6.07, 6.45) is 5.13. The van der Waals surface area contributed by atoms with Crippen LogP contribution in [0.3, 0.4) is 0 Å². The number of fused-ring (bicyclic) bond motifs is 1. The van der Waals surface area contributed by atoms with Gasteiger partial charge in [0, 0.05) is 54.0 Å². The van der Waals surface area contributed by atoms with Gasteiger partial charge in [-0.25, -0.2) is 14.4 Å². The van der Waals surface area contributed by atoms with Crippen LogP contribution in [-0.4, -0.2) is 39.8 Å². The van der Waals surface area contributed by atoms with Crippen molar-refractivity contribution in [3.05, 3.63) is 90.6 Å². The van der Waals surface area contributed by atoms with E-state index in [0.717, 1.165) is 22.2 Å². The summed E-state index contributed by atoms with van der Waals surface area (Å²) in [7, 11) is 1.63. The van der Waals surface area contributed by atoms with Crippen LogP contribution >= 0.6 is 0 Å². The van der Waals surface area contributed by atoms with Crippen molar-refractivity contribution in [1.82, 2.24) is 19.9 Å². The summed E-state index contributed by atoms with van der Waals surface area (Å²) in [4.78, 5) is 16.8. The molecule has 7 nitrogen and oxygen atoms in total. The van der Waals surface area contributed by atoms with Crippen molar-refractivity contribution in [2.75, 3.05) is 13.7 Å². The molecule has 3 heterocycles. The number of pyridine rings is 2. The van der Waals surface area contributed by atoms with Crippen LogP contribution in [0.2, 0.25) is 0 Å². The van der Waals surface area contributed by atoms with Crippen LogP contribution in [0, 0.1) is 5.82 Å². The summed E-state index contributed by atoms with van der Waals surface area (Å²) in [5.41, 5.74) is 4.48. The molecule has 0 unspecified atom stereocenters. The molecule has 0 radical (unpaired) electrons. The standard InChI is InChI=1S/C28H25FN4O3/c1-18(16-34-2)36-24-11-21(10-23(13-24)35-17-20-6-3-4-8-25(20)29)27-32-26-12-22(15-31-28(26)33-27)19-7-5-9-30-14-19/h3-15,18H,16-17H2,1-2H3,(H,31,32,33)/t18-/m0/s1. The molecule has 0 spiro atoms. The predicted octanol–water partition coefficient (Wildman–Crippen LogP) is 5.82. The normalized spacial score (nSPS) is 12.0. The fourth-order valence-electron chi connectivity index (χ4n) is 3.86. The number of H-pyrrole nitrogens is 1. The zero-order valence-electron chi connectivity index (χ0n) is 19.9. The first kappa shape index (κ1) is 23.4. The molecule has 0 fully saturated rings. The number of aromatic amines is 1. The molecule has 8 heteroatoms. The van der Waals surface area contributed by atoms with E-state index in [9.17, 15) is 4.39 Å². The lowest BCUT2D eigenvalue weighted by atomic mass is 10.1. The SMILES string of the molecule is COC[C@H](C)Oc1cc(OCc2ccccc2F)cc(-c2nc3cc(-c4cccnc4)cnc3[nH]2)c1. The highest BCUT2D eigenvalue weighted by Gasteiger charge is 2.14. The summed E-state index contributed by atoms with van der Waals surface area (Å²) < 4.78 is 31.3. The van der Waals surface area contributed by atoms with Gasteiger partial charge in [-0.15, -0.1) is 0 Å². The minimum atomic E-state index is -0.313. The molecule has 0 aliphatic heterocycles. The van der Waals surface area contributed by atoms with Gasteiger partial charge in [0.1, 0.15) is 41.4 Å². The Hall–Kier alpha value is -4.30. The molecule has 3 aromatic heterocycles. The maximum atomic E-state index is 14.1. The molecule has 0 aliphatic carbocycles. The summed E-state index contributed by atoms with van der Waals surface area (Å²) >= 11 is 0. The number of ether oxygens (including phenoxy) is 3. The van der Waals surface area contributed by atoms with Crippen LogP contribution in [-0.2, 0) is 11.3 Å². The topological polar surface area (TPSA) is 82.2 Å². The second-order valence-electron chi connectivity index (χ2n) is 8.38. The number of nitrogens with zero attached hydrogens (tertiary/aromatic N) is 3. The lowest BCUT2D eigenvalue weighted by molar-refractivity contribution is 0.0919. The van der Waals surface area contributed by atoms with Gasteiger partial charge in [-0.3, -0.25) is 4.98 Å². The van der Waals surface area contributed by atoms with Crippen molar-refractivity contribution < 1.29 is 18.6 Å². The average Bonchev–Trinajstić information content (AvgIpc) is 3.32. The molecule has 0 amide bonds. The van der Waals surface area contributed by atoms with Crippen LogP contribution in [0.4, 0.5) is 4.39 Å². The second kappa shape index (κ2) is 10.5. The number of hydrogen-bond acceptors (Lipinski definition) is 6. The highest BCUT2D eigenvalue weighted by atomic mass is 19.1. The van der Waals surface area contributed by atoms with Crippen molar-refractivity contribution in [2.24, 2.45) is 0 Å². The Morgan fingerprint density at radius 1 is 0.944 bits per heavy atom. The zero-order valence-corrected chi connectivity index (χ0v) is 19.9. The third kappa shape index (κ3) is 5.34. The number of benzene rings is 2. The van der Waals surface area contributed by atoms with Gasteiger partial charge in [0.15, 0.2) is 5.65 Å². The molecule has 0 aliphatic rings. The zero-order chi connectivity index (χ0) is 24.9. The van der Waals surface area contributed by atoms with Crippen molar-refractivity contribution >= 4 is 11.2 Å². The molecule has 0 bridgehead atoms. The smallest absolute Gasteiger partial charge is 0.157 e. The first-order valence-corrected chi connectivity index (χ1v) is 11.5. The van der Waals surface area contributed by atoms with Crippen LogP contribution < -0.4 is 9.47 Å². The lowest BCUT2D eigenvalue weighted by Gasteiger charge is -2.16. The Kier molecular flexibility index (Phi) is 6.86. The lowest BCUT2D eigenvalue weighted by Crippen LogP contribution is -2.18. The molecule has 0 saturated carbocycles. The number of halogens is 1. The quantitative estimate of drug-likeness (QED) is 0.284. The van der Waals surface area contributed by atoms with E-state index < -0.39 is 0 Å². The number of imidazole rings is 1. The van der Waals surface area contributed by atoms with E-state index in [1.165, 1.54) is 6.07 Å². The van der Waals surface area contributed by atoms with Crippen LogP contribution in [0.15, 0.2) is 79.3 Å². The average molecular weight is 485 g/mol. The van der Waals surface area contributed by atoms with Crippen LogP contribution in [0.1, 0.15) is 12.5 Å². The van der Waals surface area contributed by atoms with E-state index in [0.29, 0.717) is 35.1 Å². The van der Waals surface area contributed by atoms with Gasteiger partial charge in [0.25, 0.3) is 0 Å². The fraction of sp³-hybridized carbons (Fsp3) is 0.179. The number of methoxy groups -OCH3 is 1. The van der Waals surface area contributed by atoms with Gasteiger partial charge in [-0.1, -0.05) is 24.3 Å². The van der Waals surface area contributed by atoms with E-state index in [4.69, 9.17) is 19.2 Å². The third-order valence-corrected chi connectivity index (χ3v) is 5.58. The van der Waals surface area contributed by atoms with Gasteiger partial charge in [-0.05, 0) is 37.3 Å². The van der Waals surface area contributed by atoms with Gasteiger partial charge in [0.05, 0.1) is 6.61 Å². The fourth-order valence-corrected chi connectivity index (χ4v) is 3.86. The van der Waals surface area contributed by atoms with Crippen molar-refractivity contribution in [3.8, 4) is 34.0 Å². The molecule has 0 saturated heterocycles. The Labute approximate surface area is 207 Å². The Bertz CT molecular complexity index is 1470. The number of nitrogens with one attached hydrogen (secondary N) is 1. The summed E-state index contributed by atoms with van der Waals surface area (Å²) in [6, 6.07) is 17.9. The second-order valence-corrected chi connectivity index (χ2v) is 8.38. The van der Waals surface area contributed by atoms with E-state index in [1.54, 1.807) is 50.0 Å². The maximum Gasteiger partial charge on any atom is 0.157 e. The molecule has 36 heavy (non-hydrogen) atoms. The molecule has 5 aromatic rings. The number of rotatable bonds is 9. The van der Waals surface area contributed by atoms with Crippen LogP contribution in [0.5, 0.6) is 11.5 Å². The maximum absolute atomic E-state index is 14.1. The van der Waals surface area contributed by atoms with Gasteiger partial charge >= 0.3 is 0 Å². The predicted molar refractivity (Wildman–Crippen MR) is 135 cm³/mol. The number of aromatic nitrogens is 4. The molecule has 5 rings (SSSR count). The van der Waals surface area contributed by atoms with Crippen molar-refractivity contribution in [1.29, 1.82) is 0 Å². The summed E-state index contributed by atoms with van der Waals surface area (Å²) in [6.45, 7) is 2.43. The first-order chi connectivity index (χ1) is 17.6. The Morgan fingerprint density at radius 2 is 1.81 bits per heavy atom. The molecule has 1 N–H and O–H groups in total. The highest BCUT2D eigenvalue weighted by Crippen LogP contribution is 2.31. The molecule has 182 valence electrons.